The molecule has 0 aliphatic heterocycles. The van der Waals surface area contributed by atoms with Crippen LogP contribution in [0, 0.1) is 25.2 Å². The first-order valence-electron chi connectivity index (χ1n) is 9.35. The molecule has 0 aliphatic carbocycles. The smallest absolute Gasteiger partial charge is 0.264 e. The number of nitriles is 1. The molecule has 0 bridgehead atoms. The molecule has 0 saturated carbocycles. The van der Waals surface area contributed by atoms with Crippen molar-refractivity contribution in [3.8, 4) is 6.07 Å². The second-order valence-electron chi connectivity index (χ2n) is 6.77. The Bertz CT molecular complexity index is 1220. The topological polar surface area (TPSA) is 97.2 Å². The molecule has 0 saturated heterocycles. The summed E-state index contributed by atoms with van der Waals surface area (Å²) in [6.45, 7) is 3.65. The van der Waals surface area contributed by atoms with Crippen LogP contribution in [0.1, 0.15) is 27.4 Å². The summed E-state index contributed by atoms with van der Waals surface area (Å²) >= 11 is 0. The van der Waals surface area contributed by atoms with Crippen LogP contribution in [0.4, 0.5) is 5.69 Å². The lowest BCUT2D eigenvalue weighted by molar-refractivity contribution is 0.0795. The summed E-state index contributed by atoms with van der Waals surface area (Å²) in [7, 11) is 0. The van der Waals surface area contributed by atoms with Crippen LogP contribution in [0.3, 0.4) is 0 Å². The summed E-state index contributed by atoms with van der Waals surface area (Å²) in [4.78, 5) is 21.7. The van der Waals surface area contributed by atoms with Gasteiger partial charge in [-0.2, -0.15) is 5.26 Å². The minimum Gasteiger partial charge on any atom is -0.391 e. The summed E-state index contributed by atoms with van der Waals surface area (Å²) < 4.78 is 5.11. The van der Waals surface area contributed by atoms with Gasteiger partial charge in [0, 0.05) is 11.1 Å². The van der Waals surface area contributed by atoms with E-state index in [4.69, 9.17) is 9.36 Å². The number of carbonyl (C=O) groups excluding carboxylic acids is 1. The van der Waals surface area contributed by atoms with Crippen LogP contribution in [0.2, 0.25) is 0 Å². The quantitative estimate of drug-likeness (QED) is 0.459. The Kier molecular flexibility index (Phi) is 5.18. The average molecular weight is 401 g/mol. The van der Waals surface area contributed by atoms with Crippen molar-refractivity contribution in [3.63, 3.8) is 0 Å². The molecule has 0 aliphatic rings. The third-order valence-corrected chi connectivity index (χ3v) is 4.75. The van der Waals surface area contributed by atoms with Gasteiger partial charge in [-0.1, -0.05) is 40.3 Å². The van der Waals surface area contributed by atoms with E-state index in [1.54, 1.807) is 32.2 Å². The van der Waals surface area contributed by atoms with Gasteiger partial charge in [-0.05, 0) is 37.6 Å². The van der Waals surface area contributed by atoms with Gasteiger partial charge in [0.05, 0.1) is 18.0 Å². The summed E-state index contributed by atoms with van der Waals surface area (Å²) in [5.74, 6) is 0.0866. The minimum absolute atomic E-state index is 0.104. The maximum Gasteiger partial charge on any atom is 0.264 e. The van der Waals surface area contributed by atoms with Crippen molar-refractivity contribution < 1.29 is 14.2 Å². The van der Waals surface area contributed by atoms with Crippen LogP contribution in [0.5, 0.6) is 0 Å². The van der Waals surface area contributed by atoms with E-state index in [1.165, 1.54) is 9.75 Å². The molecule has 2 aromatic carbocycles. The van der Waals surface area contributed by atoms with E-state index >= 15 is 0 Å². The molecular formula is C22H19N5O3. The first-order valence-corrected chi connectivity index (χ1v) is 9.35. The molecule has 0 radical (unpaired) electrons. The molecule has 2 heterocycles. The zero-order valence-corrected chi connectivity index (χ0v) is 16.6. The van der Waals surface area contributed by atoms with E-state index < -0.39 is 0 Å². The number of carbonyl (C=O) groups is 1. The van der Waals surface area contributed by atoms with E-state index in [0.717, 1.165) is 16.5 Å². The number of amides is 1. The Labute approximate surface area is 172 Å². The first-order chi connectivity index (χ1) is 14.6. The zero-order chi connectivity index (χ0) is 21.1. The molecule has 30 heavy (non-hydrogen) atoms. The number of aryl methyl sites for hydroxylation is 2. The Hall–Kier alpha value is -4.12. The number of aromatic nitrogens is 3. The zero-order valence-electron chi connectivity index (χ0n) is 16.6. The second kappa shape index (κ2) is 8.09. The third-order valence-electron chi connectivity index (χ3n) is 4.75. The lowest BCUT2D eigenvalue weighted by Gasteiger charge is -2.19. The Morgan fingerprint density at radius 3 is 2.73 bits per heavy atom. The summed E-state index contributed by atoms with van der Waals surface area (Å²) in [6.07, 6.45) is 1.66. The van der Waals surface area contributed by atoms with Gasteiger partial charge in [0.1, 0.15) is 30.0 Å². The number of hydrogen-bond acceptors (Lipinski definition) is 6. The standard InChI is InChI=1S/C22H19N5O3/c1-15-21(16(2)30-25-15)22(28)26(11-10-23)19-8-9-20-18(12-19)13-24-27(20)29-14-17-6-4-3-5-7-17/h3-9,12-13H,11,14H2,1-2H3. The maximum atomic E-state index is 13.1. The van der Waals surface area contributed by atoms with Crippen LogP contribution in [0.25, 0.3) is 10.9 Å². The molecule has 8 nitrogen and oxygen atoms in total. The number of fused-ring (bicyclic) bond motifs is 1. The lowest BCUT2D eigenvalue weighted by Crippen LogP contribution is -2.32. The molecule has 0 fully saturated rings. The van der Waals surface area contributed by atoms with E-state index in [0.29, 0.717) is 29.3 Å². The first kappa shape index (κ1) is 19.2. The van der Waals surface area contributed by atoms with Crippen LogP contribution < -0.4 is 9.74 Å². The van der Waals surface area contributed by atoms with Crippen molar-refractivity contribution in [3.05, 3.63) is 77.3 Å². The van der Waals surface area contributed by atoms with E-state index in [-0.39, 0.29) is 12.5 Å². The maximum absolute atomic E-state index is 13.1. The number of benzene rings is 2. The molecule has 8 heteroatoms. The molecule has 150 valence electrons. The van der Waals surface area contributed by atoms with Crippen LogP contribution in [0.15, 0.2) is 59.3 Å². The number of rotatable bonds is 6. The van der Waals surface area contributed by atoms with Gasteiger partial charge >= 0.3 is 0 Å². The molecule has 0 N–H and O–H groups in total. The number of nitrogens with zero attached hydrogens (tertiary/aromatic N) is 5. The van der Waals surface area contributed by atoms with Gasteiger partial charge < -0.3 is 9.36 Å². The van der Waals surface area contributed by atoms with E-state index in [1.807, 2.05) is 42.5 Å². The van der Waals surface area contributed by atoms with Crippen molar-refractivity contribution in [2.75, 3.05) is 11.4 Å². The molecule has 4 rings (SSSR count). The van der Waals surface area contributed by atoms with Crippen LogP contribution in [-0.4, -0.2) is 27.6 Å². The van der Waals surface area contributed by atoms with Crippen molar-refractivity contribution in [1.82, 2.24) is 15.1 Å². The van der Waals surface area contributed by atoms with Crippen molar-refractivity contribution in [2.45, 2.75) is 20.5 Å². The van der Waals surface area contributed by atoms with E-state index in [9.17, 15) is 10.1 Å². The highest BCUT2D eigenvalue weighted by Crippen LogP contribution is 2.25. The van der Waals surface area contributed by atoms with Gasteiger partial charge in [-0.25, -0.2) is 0 Å². The summed E-state index contributed by atoms with van der Waals surface area (Å²) in [5, 5.41) is 18.2. The van der Waals surface area contributed by atoms with Crippen LogP contribution >= 0.6 is 0 Å². The summed E-state index contributed by atoms with van der Waals surface area (Å²) in [5.41, 5.74) is 3.23. The second-order valence-corrected chi connectivity index (χ2v) is 6.77. The predicted molar refractivity (Wildman–Crippen MR) is 110 cm³/mol. The fourth-order valence-corrected chi connectivity index (χ4v) is 3.25. The highest BCUT2D eigenvalue weighted by molar-refractivity contribution is 6.08. The number of hydrogen-bond donors (Lipinski definition) is 0. The molecule has 0 atom stereocenters. The molecule has 4 aromatic rings. The minimum atomic E-state index is -0.333. The fourth-order valence-electron chi connectivity index (χ4n) is 3.25. The molecule has 1 amide bonds. The molecular weight excluding hydrogens is 382 g/mol. The SMILES string of the molecule is Cc1noc(C)c1C(=O)N(CC#N)c1ccc2c(cnn2OCc2ccccc2)c1. The van der Waals surface area contributed by atoms with Gasteiger partial charge in [-0.15, -0.1) is 5.10 Å². The average Bonchev–Trinajstić information content (AvgIpc) is 3.32. The Morgan fingerprint density at radius 2 is 2.03 bits per heavy atom. The van der Waals surface area contributed by atoms with Gasteiger partial charge in [0.25, 0.3) is 5.91 Å². The third kappa shape index (κ3) is 3.61. The monoisotopic (exact) mass is 401 g/mol. The van der Waals surface area contributed by atoms with Crippen molar-refractivity contribution in [2.24, 2.45) is 0 Å². The molecule has 2 aromatic heterocycles. The van der Waals surface area contributed by atoms with Crippen molar-refractivity contribution in [1.29, 1.82) is 5.26 Å². The normalized spacial score (nSPS) is 10.7. The lowest BCUT2D eigenvalue weighted by atomic mass is 10.1. The number of anilines is 1. The predicted octanol–water partition coefficient (Wildman–Crippen LogP) is 3.44. The fraction of sp³-hybridized carbons (Fsp3) is 0.182. The molecule has 0 unspecified atom stereocenters. The molecule has 0 spiro atoms. The summed E-state index contributed by atoms with van der Waals surface area (Å²) in [6, 6.07) is 17.2. The largest absolute Gasteiger partial charge is 0.391 e. The Balaban J connectivity index is 1.62. The highest BCUT2D eigenvalue weighted by atomic mass is 16.7. The van der Waals surface area contributed by atoms with Crippen molar-refractivity contribution >= 4 is 22.5 Å². The van der Waals surface area contributed by atoms with Crippen LogP contribution in [-0.2, 0) is 6.61 Å². The van der Waals surface area contributed by atoms with Gasteiger partial charge in [0.15, 0.2) is 0 Å². The highest BCUT2D eigenvalue weighted by Gasteiger charge is 2.25. The van der Waals surface area contributed by atoms with E-state index in [2.05, 4.69) is 10.3 Å². The van der Waals surface area contributed by atoms with Gasteiger partial charge in [0.2, 0.25) is 0 Å². The Morgan fingerprint density at radius 1 is 1.23 bits per heavy atom. The van der Waals surface area contributed by atoms with Gasteiger partial charge in [-0.3, -0.25) is 9.69 Å².